The SMILES string of the molecule is CSO.Cc1cccc(CCN)n1. The van der Waals surface area contributed by atoms with Crippen molar-refractivity contribution in [3.63, 3.8) is 0 Å². The molecule has 0 aliphatic carbocycles. The van der Waals surface area contributed by atoms with Crippen molar-refractivity contribution in [2.24, 2.45) is 5.73 Å². The van der Waals surface area contributed by atoms with Gasteiger partial charge >= 0.3 is 0 Å². The van der Waals surface area contributed by atoms with E-state index in [1.54, 1.807) is 6.26 Å². The molecule has 0 atom stereocenters. The molecule has 0 saturated heterocycles. The van der Waals surface area contributed by atoms with Gasteiger partial charge in [-0.25, -0.2) is 0 Å². The predicted molar refractivity (Wildman–Crippen MR) is 57.9 cm³/mol. The molecule has 0 bridgehead atoms. The zero-order valence-electron chi connectivity index (χ0n) is 8.03. The lowest BCUT2D eigenvalue weighted by atomic mass is 10.2. The Morgan fingerprint density at radius 2 is 2.15 bits per heavy atom. The molecule has 3 N–H and O–H groups in total. The van der Waals surface area contributed by atoms with E-state index in [0.717, 1.165) is 29.9 Å². The Balaban J connectivity index is 0.000000424. The number of pyridine rings is 1. The lowest BCUT2D eigenvalue weighted by Gasteiger charge is -1.97. The standard InChI is InChI=1S/C8H12N2.CH4OS/c1-7-3-2-4-8(10-7)5-6-9;1-3-2/h2-4H,5-6,9H2,1H3;2H,1H3. The normalized spacial score (nSPS) is 8.92. The first kappa shape index (κ1) is 12.4. The van der Waals surface area contributed by atoms with Crippen LogP contribution in [0.3, 0.4) is 0 Å². The molecule has 0 aromatic carbocycles. The van der Waals surface area contributed by atoms with Crippen molar-refractivity contribution in [3.05, 3.63) is 29.6 Å². The van der Waals surface area contributed by atoms with Crippen molar-refractivity contribution < 1.29 is 4.55 Å². The molecule has 0 aliphatic heterocycles. The summed E-state index contributed by atoms with van der Waals surface area (Å²) < 4.78 is 7.49. The summed E-state index contributed by atoms with van der Waals surface area (Å²) >= 11 is 0.750. The van der Waals surface area contributed by atoms with E-state index in [9.17, 15) is 0 Å². The molecule has 0 spiro atoms. The van der Waals surface area contributed by atoms with Crippen LogP contribution < -0.4 is 5.73 Å². The monoisotopic (exact) mass is 200 g/mol. The number of aryl methyl sites for hydroxylation is 1. The minimum Gasteiger partial charge on any atom is -0.330 e. The maximum absolute atomic E-state index is 7.49. The van der Waals surface area contributed by atoms with E-state index in [2.05, 4.69) is 4.98 Å². The molecule has 0 saturated carbocycles. The molecule has 0 unspecified atom stereocenters. The molecule has 1 rings (SSSR count). The highest BCUT2D eigenvalue weighted by atomic mass is 32.2. The first-order valence-corrected chi connectivity index (χ1v) is 5.23. The highest BCUT2D eigenvalue weighted by molar-refractivity contribution is 7.93. The third-order valence-corrected chi connectivity index (χ3v) is 1.35. The van der Waals surface area contributed by atoms with Gasteiger partial charge < -0.3 is 10.3 Å². The summed E-state index contributed by atoms with van der Waals surface area (Å²) in [4.78, 5) is 4.28. The largest absolute Gasteiger partial charge is 0.330 e. The van der Waals surface area contributed by atoms with Crippen molar-refractivity contribution >= 4 is 12.0 Å². The summed E-state index contributed by atoms with van der Waals surface area (Å²) in [7, 11) is 0. The summed E-state index contributed by atoms with van der Waals surface area (Å²) in [5.41, 5.74) is 7.52. The van der Waals surface area contributed by atoms with Crippen LogP contribution in [-0.4, -0.2) is 22.3 Å². The van der Waals surface area contributed by atoms with Crippen LogP contribution in [0.25, 0.3) is 0 Å². The van der Waals surface area contributed by atoms with Gasteiger partial charge in [0.25, 0.3) is 0 Å². The smallest absolute Gasteiger partial charge is 0.0419 e. The fraction of sp³-hybridized carbons (Fsp3) is 0.444. The maximum Gasteiger partial charge on any atom is 0.0419 e. The minimum absolute atomic E-state index is 0.677. The zero-order valence-corrected chi connectivity index (χ0v) is 8.84. The van der Waals surface area contributed by atoms with Gasteiger partial charge in [-0.05, 0) is 37.6 Å². The van der Waals surface area contributed by atoms with Crippen LogP contribution in [0, 0.1) is 6.92 Å². The molecule has 0 aliphatic rings. The molecule has 3 nitrogen and oxygen atoms in total. The number of rotatable bonds is 2. The average Bonchev–Trinajstić information content (AvgIpc) is 2.06. The van der Waals surface area contributed by atoms with Crippen LogP contribution in [0.15, 0.2) is 18.2 Å². The van der Waals surface area contributed by atoms with Crippen LogP contribution >= 0.6 is 12.0 Å². The van der Waals surface area contributed by atoms with Gasteiger partial charge in [-0.1, -0.05) is 6.07 Å². The Morgan fingerprint density at radius 3 is 2.62 bits per heavy atom. The molecular weight excluding hydrogens is 184 g/mol. The molecule has 1 aromatic heterocycles. The van der Waals surface area contributed by atoms with Crippen LogP contribution in [0.4, 0.5) is 0 Å². The molecule has 4 heteroatoms. The summed E-state index contributed by atoms with van der Waals surface area (Å²) in [5, 5.41) is 0. The average molecular weight is 200 g/mol. The Hall–Kier alpha value is -0.580. The van der Waals surface area contributed by atoms with Crippen molar-refractivity contribution in [3.8, 4) is 0 Å². The Kier molecular flexibility index (Phi) is 7.68. The topological polar surface area (TPSA) is 59.1 Å². The molecule has 74 valence electrons. The molecule has 1 aromatic rings. The molecule has 1 heterocycles. The molecular formula is C9H16N2OS. The van der Waals surface area contributed by atoms with Crippen molar-refractivity contribution in [2.45, 2.75) is 13.3 Å². The lowest BCUT2D eigenvalue weighted by molar-refractivity contribution is 0.669. The van der Waals surface area contributed by atoms with Crippen LogP contribution in [-0.2, 0) is 6.42 Å². The second-order valence-corrected chi connectivity index (χ2v) is 2.86. The number of nitrogens with two attached hydrogens (primary N) is 1. The summed E-state index contributed by atoms with van der Waals surface area (Å²) in [6.45, 7) is 2.66. The quantitative estimate of drug-likeness (QED) is 0.714. The van der Waals surface area contributed by atoms with E-state index in [4.69, 9.17) is 10.3 Å². The van der Waals surface area contributed by atoms with Gasteiger partial charge in [-0.2, -0.15) is 0 Å². The van der Waals surface area contributed by atoms with Crippen LogP contribution in [0.5, 0.6) is 0 Å². The fourth-order valence-electron chi connectivity index (χ4n) is 0.887. The van der Waals surface area contributed by atoms with Crippen LogP contribution in [0.1, 0.15) is 11.4 Å². The summed E-state index contributed by atoms with van der Waals surface area (Å²) in [6.07, 6.45) is 2.47. The number of hydrogen-bond acceptors (Lipinski definition) is 4. The van der Waals surface area contributed by atoms with Gasteiger partial charge in [0.05, 0.1) is 0 Å². The molecule has 0 fully saturated rings. The van der Waals surface area contributed by atoms with E-state index in [1.165, 1.54) is 0 Å². The van der Waals surface area contributed by atoms with Crippen molar-refractivity contribution in [2.75, 3.05) is 12.8 Å². The van der Waals surface area contributed by atoms with Gasteiger partial charge in [0.15, 0.2) is 0 Å². The highest BCUT2D eigenvalue weighted by Gasteiger charge is 1.90. The Morgan fingerprint density at radius 1 is 1.54 bits per heavy atom. The molecule has 0 radical (unpaired) electrons. The first-order valence-electron chi connectivity index (χ1n) is 4.04. The fourth-order valence-corrected chi connectivity index (χ4v) is 0.887. The van der Waals surface area contributed by atoms with Gasteiger partial charge in [0.2, 0.25) is 0 Å². The first-order chi connectivity index (χ1) is 6.24. The van der Waals surface area contributed by atoms with E-state index < -0.39 is 0 Å². The second-order valence-electron chi connectivity index (χ2n) is 2.49. The van der Waals surface area contributed by atoms with Gasteiger partial charge in [-0.3, -0.25) is 4.98 Å². The Bertz CT molecular complexity index is 231. The number of hydrogen-bond donors (Lipinski definition) is 2. The lowest BCUT2D eigenvalue weighted by Crippen LogP contribution is -2.04. The van der Waals surface area contributed by atoms with E-state index in [0.29, 0.717) is 6.54 Å². The van der Waals surface area contributed by atoms with Gasteiger partial charge in [-0.15, -0.1) is 0 Å². The second kappa shape index (κ2) is 8.04. The minimum atomic E-state index is 0.677. The number of aromatic nitrogens is 1. The number of nitrogens with zero attached hydrogens (tertiary/aromatic N) is 1. The van der Waals surface area contributed by atoms with Gasteiger partial charge in [0.1, 0.15) is 0 Å². The van der Waals surface area contributed by atoms with E-state index in [-0.39, 0.29) is 0 Å². The van der Waals surface area contributed by atoms with Crippen LogP contribution in [0.2, 0.25) is 0 Å². The zero-order chi connectivity index (χ0) is 10.1. The molecule has 0 amide bonds. The van der Waals surface area contributed by atoms with E-state index >= 15 is 0 Å². The molecule has 13 heavy (non-hydrogen) atoms. The maximum atomic E-state index is 7.49. The van der Waals surface area contributed by atoms with Crippen molar-refractivity contribution in [1.82, 2.24) is 4.98 Å². The van der Waals surface area contributed by atoms with Crippen molar-refractivity contribution in [1.29, 1.82) is 0 Å². The third-order valence-electron chi connectivity index (χ3n) is 1.35. The van der Waals surface area contributed by atoms with Gasteiger partial charge in [0, 0.05) is 24.1 Å². The summed E-state index contributed by atoms with van der Waals surface area (Å²) in [5.74, 6) is 0. The predicted octanol–water partition coefficient (Wildman–Crippen LogP) is 1.71. The third kappa shape index (κ3) is 6.57. The summed E-state index contributed by atoms with van der Waals surface area (Å²) in [6, 6.07) is 5.99. The van der Waals surface area contributed by atoms with E-state index in [1.807, 2.05) is 25.1 Å². The Labute approximate surface area is 83.6 Å². The highest BCUT2D eigenvalue weighted by Crippen LogP contribution is 1.97.